The fourth-order valence-electron chi connectivity index (χ4n) is 2.82. The Morgan fingerprint density at radius 2 is 1.61 bits per heavy atom. The number of amides is 3. The van der Waals surface area contributed by atoms with Gasteiger partial charge in [-0.1, -0.05) is 0 Å². The number of benzene rings is 2. The molecule has 10 nitrogen and oxygen atoms in total. The molecule has 0 saturated carbocycles. The van der Waals surface area contributed by atoms with Crippen molar-refractivity contribution in [2.24, 2.45) is 0 Å². The summed E-state index contributed by atoms with van der Waals surface area (Å²) in [6.07, 6.45) is 0. The van der Waals surface area contributed by atoms with Crippen molar-refractivity contribution in [1.29, 1.82) is 0 Å². The number of hydrogen-bond donors (Lipinski definition) is 1. The number of esters is 1. The van der Waals surface area contributed by atoms with Crippen molar-refractivity contribution in [2.45, 2.75) is 4.90 Å². The van der Waals surface area contributed by atoms with Crippen LogP contribution in [0, 0.1) is 0 Å². The molecule has 0 bridgehead atoms. The summed E-state index contributed by atoms with van der Waals surface area (Å²) in [6, 6.07) is 9.39. The van der Waals surface area contributed by atoms with E-state index < -0.39 is 40.3 Å². The monoisotopic (exact) mass is 445 g/mol. The van der Waals surface area contributed by atoms with Gasteiger partial charge in [-0.15, -0.1) is 0 Å². The number of nitrogens with zero attached hydrogens (tertiary/aromatic N) is 2. The van der Waals surface area contributed by atoms with Crippen molar-refractivity contribution in [3.63, 3.8) is 0 Å². The van der Waals surface area contributed by atoms with Gasteiger partial charge in [-0.05, 0) is 42.5 Å². The highest BCUT2D eigenvalue weighted by molar-refractivity contribution is 7.89. The summed E-state index contributed by atoms with van der Waals surface area (Å²) in [5.74, 6) is -2.34. The van der Waals surface area contributed by atoms with Crippen LogP contribution in [-0.2, 0) is 19.6 Å². The maximum Gasteiger partial charge on any atom is 0.338 e. The predicted octanol–water partition coefficient (Wildman–Crippen LogP) is 0.958. The lowest BCUT2D eigenvalue weighted by Gasteiger charge is -2.11. The van der Waals surface area contributed by atoms with Gasteiger partial charge in [0.1, 0.15) is 0 Å². The van der Waals surface area contributed by atoms with Gasteiger partial charge in [-0.3, -0.25) is 19.3 Å². The molecule has 31 heavy (non-hydrogen) atoms. The lowest BCUT2D eigenvalue weighted by atomic mass is 10.1. The van der Waals surface area contributed by atoms with Crippen LogP contribution in [0.1, 0.15) is 31.1 Å². The van der Waals surface area contributed by atoms with Gasteiger partial charge in [0.15, 0.2) is 6.61 Å². The number of anilines is 1. The Labute approximate surface area is 178 Å². The Morgan fingerprint density at radius 1 is 1.00 bits per heavy atom. The molecule has 1 aliphatic rings. The van der Waals surface area contributed by atoms with Gasteiger partial charge in [0.05, 0.1) is 21.6 Å². The third-order valence-corrected chi connectivity index (χ3v) is 6.41. The minimum absolute atomic E-state index is 0.0158. The molecule has 0 fully saturated rings. The summed E-state index contributed by atoms with van der Waals surface area (Å²) >= 11 is 0. The normalized spacial score (nSPS) is 13.4. The van der Waals surface area contributed by atoms with Gasteiger partial charge in [0, 0.05) is 26.8 Å². The van der Waals surface area contributed by atoms with Crippen LogP contribution in [0.25, 0.3) is 0 Å². The molecule has 0 aliphatic carbocycles. The molecule has 0 aromatic heterocycles. The highest BCUT2D eigenvalue weighted by Gasteiger charge is 2.32. The van der Waals surface area contributed by atoms with E-state index in [2.05, 4.69) is 5.32 Å². The molecule has 162 valence electrons. The second-order valence-corrected chi connectivity index (χ2v) is 9.02. The third kappa shape index (κ3) is 4.32. The summed E-state index contributed by atoms with van der Waals surface area (Å²) in [7, 11) is 0.524. The number of nitrogens with one attached hydrogen (secondary N) is 1. The van der Waals surface area contributed by atoms with Crippen molar-refractivity contribution < 1.29 is 32.3 Å². The SMILES string of the molecule is CN1C(=O)c2ccc(NC(=O)COC(=O)c3ccc(S(=O)(=O)N(C)C)cc3)cc2C1=O. The van der Waals surface area contributed by atoms with Crippen molar-refractivity contribution in [2.75, 3.05) is 33.1 Å². The van der Waals surface area contributed by atoms with E-state index in [0.29, 0.717) is 0 Å². The largest absolute Gasteiger partial charge is 0.452 e. The molecular formula is C20H19N3O7S. The number of fused-ring (bicyclic) bond motifs is 1. The molecule has 11 heteroatoms. The fourth-order valence-corrected chi connectivity index (χ4v) is 3.73. The molecule has 2 aromatic rings. The Bertz CT molecular complexity index is 1190. The van der Waals surface area contributed by atoms with Crippen LogP contribution in [0.15, 0.2) is 47.4 Å². The van der Waals surface area contributed by atoms with Crippen LogP contribution in [0.2, 0.25) is 0 Å². The minimum atomic E-state index is -3.63. The molecule has 1 heterocycles. The van der Waals surface area contributed by atoms with Gasteiger partial charge in [0.25, 0.3) is 17.7 Å². The molecule has 1 N–H and O–H groups in total. The first kappa shape index (κ1) is 22.1. The fraction of sp³-hybridized carbons (Fsp3) is 0.200. The van der Waals surface area contributed by atoms with E-state index in [-0.39, 0.29) is 27.3 Å². The molecule has 2 aromatic carbocycles. The smallest absolute Gasteiger partial charge is 0.338 e. The molecule has 0 unspecified atom stereocenters. The lowest BCUT2D eigenvalue weighted by Crippen LogP contribution is -2.24. The number of rotatable bonds is 6. The van der Waals surface area contributed by atoms with Crippen molar-refractivity contribution >= 4 is 39.4 Å². The highest BCUT2D eigenvalue weighted by atomic mass is 32.2. The zero-order valence-corrected chi connectivity index (χ0v) is 17.7. The predicted molar refractivity (Wildman–Crippen MR) is 109 cm³/mol. The van der Waals surface area contributed by atoms with Gasteiger partial charge >= 0.3 is 5.97 Å². The number of hydrogen-bond acceptors (Lipinski definition) is 7. The molecule has 1 aliphatic heterocycles. The van der Waals surface area contributed by atoms with Crippen LogP contribution in [0.3, 0.4) is 0 Å². The van der Waals surface area contributed by atoms with E-state index >= 15 is 0 Å². The van der Waals surface area contributed by atoms with Crippen molar-refractivity contribution in [1.82, 2.24) is 9.21 Å². The van der Waals surface area contributed by atoms with Gasteiger partial charge < -0.3 is 10.1 Å². The van der Waals surface area contributed by atoms with E-state index in [1.54, 1.807) is 0 Å². The van der Waals surface area contributed by atoms with Gasteiger partial charge in [0.2, 0.25) is 10.0 Å². The van der Waals surface area contributed by atoms with Gasteiger partial charge in [-0.25, -0.2) is 17.5 Å². The van der Waals surface area contributed by atoms with E-state index in [1.165, 1.54) is 63.6 Å². The number of ether oxygens (including phenoxy) is 1. The summed E-state index contributed by atoms with van der Waals surface area (Å²) in [5, 5.41) is 2.49. The summed E-state index contributed by atoms with van der Waals surface area (Å²) in [4.78, 5) is 49.1. The first-order chi connectivity index (χ1) is 14.5. The van der Waals surface area contributed by atoms with Crippen molar-refractivity contribution in [3.05, 3.63) is 59.2 Å². The summed E-state index contributed by atoms with van der Waals surface area (Å²) < 4.78 is 30.1. The summed E-state index contributed by atoms with van der Waals surface area (Å²) in [6.45, 7) is -0.597. The Balaban J connectivity index is 1.60. The van der Waals surface area contributed by atoms with Crippen LogP contribution in [0.4, 0.5) is 5.69 Å². The minimum Gasteiger partial charge on any atom is -0.452 e. The van der Waals surface area contributed by atoms with E-state index in [4.69, 9.17) is 4.74 Å². The maximum atomic E-state index is 12.1. The van der Waals surface area contributed by atoms with Crippen LogP contribution in [-0.4, -0.2) is 69.1 Å². The highest BCUT2D eigenvalue weighted by Crippen LogP contribution is 2.24. The standard InChI is InChI=1S/C20H19N3O7S/c1-22(2)31(28,29)14-7-4-12(5-8-14)20(27)30-11-17(24)21-13-6-9-15-16(10-13)19(26)23(3)18(15)25/h4-10H,11H2,1-3H3,(H,21,24). The zero-order valence-electron chi connectivity index (χ0n) is 16.9. The molecule has 0 atom stereocenters. The molecule has 0 saturated heterocycles. The first-order valence-corrected chi connectivity index (χ1v) is 10.4. The van der Waals surface area contributed by atoms with E-state index in [0.717, 1.165) is 9.21 Å². The van der Waals surface area contributed by atoms with Crippen molar-refractivity contribution in [3.8, 4) is 0 Å². The summed E-state index contributed by atoms with van der Waals surface area (Å²) in [5.41, 5.74) is 0.774. The maximum absolute atomic E-state index is 12.1. The van der Waals surface area contributed by atoms with E-state index in [1.807, 2.05) is 0 Å². The number of imide groups is 1. The lowest BCUT2D eigenvalue weighted by molar-refractivity contribution is -0.119. The quantitative estimate of drug-likeness (QED) is 0.518. The molecule has 0 spiro atoms. The molecule has 3 rings (SSSR count). The number of carbonyl (C=O) groups is 4. The first-order valence-electron chi connectivity index (χ1n) is 8.98. The number of sulfonamides is 1. The Kier molecular flexibility index (Phi) is 5.91. The van der Waals surface area contributed by atoms with Crippen LogP contribution >= 0.6 is 0 Å². The Hall–Kier alpha value is -3.57. The second-order valence-electron chi connectivity index (χ2n) is 6.87. The van der Waals surface area contributed by atoms with Gasteiger partial charge in [-0.2, -0.15) is 0 Å². The average Bonchev–Trinajstić information content (AvgIpc) is 2.95. The Morgan fingerprint density at radius 3 is 2.23 bits per heavy atom. The topological polar surface area (TPSA) is 130 Å². The number of carbonyl (C=O) groups excluding carboxylic acids is 4. The zero-order chi connectivity index (χ0) is 22.9. The molecule has 0 radical (unpaired) electrons. The third-order valence-electron chi connectivity index (χ3n) is 4.58. The van der Waals surface area contributed by atoms with Crippen LogP contribution < -0.4 is 5.32 Å². The van der Waals surface area contributed by atoms with Crippen LogP contribution in [0.5, 0.6) is 0 Å². The average molecular weight is 445 g/mol. The van der Waals surface area contributed by atoms with E-state index in [9.17, 15) is 27.6 Å². The molecule has 3 amide bonds. The molecular weight excluding hydrogens is 426 g/mol. The second kappa shape index (κ2) is 8.28.